The van der Waals surface area contributed by atoms with Gasteiger partial charge in [0.1, 0.15) is 10.7 Å². The molecule has 0 spiro atoms. The number of ether oxygens (including phenoxy) is 1. The molecule has 0 aliphatic rings. The largest absolute Gasteiger partial charge is 0.489 e. The van der Waals surface area contributed by atoms with Crippen molar-refractivity contribution in [2.75, 3.05) is 6.61 Å². The van der Waals surface area contributed by atoms with Gasteiger partial charge in [-0.2, -0.15) is 13.2 Å². The van der Waals surface area contributed by atoms with Gasteiger partial charge in [-0.25, -0.2) is 17.2 Å². The number of rotatable bonds is 4. The SMILES string of the molecule is O=S(=O)(Cl)c1cc(F)cc(F)c1OCCC(F)(F)F. The summed E-state index contributed by atoms with van der Waals surface area (Å²) in [7, 11) is 0.355. The summed E-state index contributed by atoms with van der Waals surface area (Å²) in [5.74, 6) is -3.75. The van der Waals surface area contributed by atoms with Crippen LogP contribution in [0.5, 0.6) is 5.75 Å². The second-order valence-electron chi connectivity index (χ2n) is 3.37. The lowest BCUT2D eigenvalue weighted by molar-refractivity contribution is -0.139. The molecule has 1 rings (SSSR count). The van der Waals surface area contributed by atoms with Crippen molar-refractivity contribution in [3.8, 4) is 5.75 Å². The van der Waals surface area contributed by atoms with Crippen LogP contribution in [0, 0.1) is 11.6 Å². The third-order valence-electron chi connectivity index (χ3n) is 1.87. The van der Waals surface area contributed by atoms with Gasteiger partial charge in [0.2, 0.25) is 0 Å². The zero-order valence-corrected chi connectivity index (χ0v) is 10.5. The molecule has 1 aromatic carbocycles. The molecule has 0 aliphatic carbocycles. The van der Waals surface area contributed by atoms with Crippen LogP contribution in [-0.4, -0.2) is 21.2 Å². The number of hydrogen-bond donors (Lipinski definition) is 0. The minimum Gasteiger partial charge on any atom is -0.489 e. The first-order valence-corrected chi connectivity index (χ1v) is 6.95. The zero-order chi connectivity index (χ0) is 14.8. The fourth-order valence-corrected chi connectivity index (χ4v) is 2.10. The predicted octanol–water partition coefficient (Wildman–Crippen LogP) is 3.22. The summed E-state index contributed by atoms with van der Waals surface area (Å²) >= 11 is 0. The third-order valence-corrected chi connectivity index (χ3v) is 3.20. The fraction of sp³-hybridized carbons (Fsp3) is 0.333. The van der Waals surface area contributed by atoms with E-state index in [0.29, 0.717) is 6.07 Å². The molecule has 0 N–H and O–H groups in total. The lowest BCUT2D eigenvalue weighted by atomic mass is 10.3. The molecular formula is C9H6ClF5O3S. The highest BCUT2D eigenvalue weighted by Crippen LogP contribution is 2.31. The van der Waals surface area contributed by atoms with Crippen LogP contribution in [0.2, 0.25) is 0 Å². The van der Waals surface area contributed by atoms with E-state index in [4.69, 9.17) is 10.7 Å². The highest BCUT2D eigenvalue weighted by atomic mass is 35.7. The molecule has 1 aromatic rings. The Balaban J connectivity index is 3.06. The molecule has 10 heteroatoms. The first kappa shape index (κ1) is 16.0. The van der Waals surface area contributed by atoms with Crippen LogP contribution in [0.15, 0.2) is 17.0 Å². The van der Waals surface area contributed by atoms with Crippen molar-refractivity contribution < 1.29 is 35.1 Å². The normalized spacial score (nSPS) is 12.5. The second-order valence-corrected chi connectivity index (χ2v) is 5.90. The molecule has 3 nitrogen and oxygen atoms in total. The lowest BCUT2D eigenvalue weighted by Gasteiger charge is -2.12. The average Bonchev–Trinajstić information content (AvgIpc) is 2.17. The van der Waals surface area contributed by atoms with Crippen LogP contribution in [0.4, 0.5) is 22.0 Å². The van der Waals surface area contributed by atoms with E-state index in [0.717, 1.165) is 0 Å². The Kier molecular flexibility index (Phi) is 4.62. The zero-order valence-electron chi connectivity index (χ0n) is 8.97. The van der Waals surface area contributed by atoms with Crippen molar-refractivity contribution in [1.82, 2.24) is 0 Å². The van der Waals surface area contributed by atoms with Gasteiger partial charge in [-0.15, -0.1) is 0 Å². The lowest BCUT2D eigenvalue weighted by Crippen LogP contribution is -2.14. The maximum Gasteiger partial charge on any atom is 0.392 e. The Morgan fingerprint density at radius 2 is 1.79 bits per heavy atom. The number of halogens is 6. The van der Waals surface area contributed by atoms with Crippen molar-refractivity contribution in [3.63, 3.8) is 0 Å². The quantitative estimate of drug-likeness (QED) is 0.631. The van der Waals surface area contributed by atoms with Gasteiger partial charge in [0.15, 0.2) is 11.6 Å². The maximum absolute atomic E-state index is 13.3. The molecule has 0 saturated heterocycles. The maximum atomic E-state index is 13.3. The van der Waals surface area contributed by atoms with Gasteiger partial charge in [0, 0.05) is 16.7 Å². The topological polar surface area (TPSA) is 43.4 Å². The van der Waals surface area contributed by atoms with Crippen LogP contribution in [0.3, 0.4) is 0 Å². The summed E-state index contributed by atoms with van der Waals surface area (Å²) in [4.78, 5) is -1.06. The van der Waals surface area contributed by atoms with Gasteiger partial charge in [-0.3, -0.25) is 0 Å². The summed E-state index contributed by atoms with van der Waals surface area (Å²) in [5, 5.41) is 0. The summed E-state index contributed by atoms with van der Waals surface area (Å²) < 4.78 is 88.3. The number of hydrogen-bond acceptors (Lipinski definition) is 3. The second kappa shape index (κ2) is 5.49. The summed E-state index contributed by atoms with van der Waals surface area (Å²) in [6.07, 6.45) is -5.98. The van der Waals surface area contributed by atoms with Crippen molar-refractivity contribution >= 4 is 19.7 Å². The molecule has 0 fully saturated rings. The van der Waals surface area contributed by atoms with Crippen molar-refractivity contribution in [3.05, 3.63) is 23.8 Å². The fourth-order valence-electron chi connectivity index (χ4n) is 1.13. The Morgan fingerprint density at radius 3 is 2.26 bits per heavy atom. The number of alkyl halides is 3. The summed E-state index contributed by atoms with van der Waals surface area (Å²) in [5.41, 5.74) is 0. The Labute approximate surface area is 109 Å². The van der Waals surface area contributed by atoms with Gasteiger partial charge in [-0.05, 0) is 6.07 Å². The molecule has 0 aliphatic heterocycles. The molecular weight excluding hydrogens is 319 g/mol. The van der Waals surface area contributed by atoms with Gasteiger partial charge in [-0.1, -0.05) is 0 Å². The highest BCUT2D eigenvalue weighted by Gasteiger charge is 2.28. The highest BCUT2D eigenvalue weighted by molar-refractivity contribution is 8.13. The molecule has 0 saturated carbocycles. The molecule has 108 valence electrons. The van der Waals surface area contributed by atoms with Gasteiger partial charge < -0.3 is 4.74 Å². The average molecular weight is 325 g/mol. The smallest absolute Gasteiger partial charge is 0.392 e. The first-order chi connectivity index (χ1) is 8.50. The van der Waals surface area contributed by atoms with Crippen molar-refractivity contribution in [1.29, 1.82) is 0 Å². The minimum atomic E-state index is -4.56. The number of benzene rings is 1. The summed E-state index contributed by atoms with van der Waals surface area (Å²) in [6.45, 7) is -1.02. The van der Waals surface area contributed by atoms with E-state index in [2.05, 4.69) is 4.74 Å². The molecule has 19 heavy (non-hydrogen) atoms. The van der Waals surface area contributed by atoms with E-state index < -0.39 is 50.5 Å². The molecule has 0 unspecified atom stereocenters. The first-order valence-electron chi connectivity index (χ1n) is 4.64. The van der Waals surface area contributed by atoms with Crippen molar-refractivity contribution in [2.24, 2.45) is 0 Å². The van der Waals surface area contributed by atoms with Gasteiger partial charge >= 0.3 is 6.18 Å². The standard InChI is InChI=1S/C9H6ClF5O3S/c10-19(16,17)7-4-5(11)3-6(12)8(7)18-2-1-9(13,14)15/h3-4H,1-2H2. The van der Waals surface area contributed by atoms with Crippen LogP contribution in [-0.2, 0) is 9.05 Å². The summed E-state index contributed by atoms with van der Waals surface area (Å²) in [6, 6.07) is 0.628. The molecule has 0 radical (unpaired) electrons. The molecule has 0 heterocycles. The van der Waals surface area contributed by atoms with Gasteiger partial charge in [0.25, 0.3) is 9.05 Å². The van der Waals surface area contributed by atoms with Crippen LogP contribution in [0.25, 0.3) is 0 Å². The monoisotopic (exact) mass is 324 g/mol. The van der Waals surface area contributed by atoms with E-state index in [1.165, 1.54) is 0 Å². The minimum absolute atomic E-state index is 0.272. The van der Waals surface area contributed by atoms with Gasteiger partial charge in [0.05, 0.1) is 13.0 Å². The van der Waals surface area contributed by atoms with Crippen LogP contribution >= 0.6 is 10.7 Å². The van der Waals surface area contributed by atoms with Crippen LogP contribution < -0.4 is 4.74 Å². The van der Waals surface area contributed by atoms with E-state index in [9.17, 15) is 30.4 Å². The molecule has 0 bridgehead atoms. The Hall–Kier alpha value is -1.09. The Bertz CT molecular complexity index is 570. The van der Waals surface area contributed by atoms with E-state index in [-0.39, 0.29) is 6.07 Å². The van der Waals surface area contributed by atoms with Crippen molar-refractivity contribution in [2.45, 2.75) is 17.5 Å². The predicted molar refractivity (Wildman–Crippen MR) is 55.6 cm³/mol. The third kappa shape index (κ3) is 4.83. The van der Waals surface area contributed by atoms with E-state index in [1.807, 2.05) is 0 Å². The molecule has 0 amide bonds. The molecule has 0 atom stereocenters. The Morgan fingerprint density at radius 1 is 1.21 bits per heavy atom. The van der Waals surface area contributed by atoms with Crippen LogP contribution in [0.1, 0.15) is 6.42 Å². The van der Waals surface area contributed by atoms with E-state index >= 15 is 0 Å². The van der Waals surface area contributed by atoms with E-state index in [1.54, 1.807) is 0 Å². The molecule has 0 aromatic heterocycles.